The predicted octanol–water partition coefficient (Wildman–Crippen LogP) is -3.79. The molecule has 0 aromatic carbocycles. The first-order valence-corrected chi connectivity index (χ1v) is 4.31. The van der Waals surface area contributed by atoms with Crippen LogP contribution in [-0.2, 0) is 0 Å². The molecule has 0 aliphatic carbocycles. The molecule has 6 N–H and O–H groups in total. The third kappa shape index (κ3) is 2.52. The van der Waals surface area contributed by atoms with Gasteiger partial charge in [-0.15, -0.1) is 0 Å². The van der Waals surface area contributed by atoms with E-state index in [9.17, 15) is 19.8 Å². The largest absolute Gasteiger partial charge is 0.394 e. The molecule has 0 saturated heterocycles. The fourth-order valence-corrected chi connectivity index (χ4v) is 1.04. The summed E-state index contributed by atoms with van der Waals surface area (Å²) < 4.78 is 0. The van der Waals surface area contributed by atoms with Crippen LogP contribution < -0.4 is 11.2 Å². The first-order valence-electron chi connectivity index (χ1n) is 4.31. The lowest BCUT2D eigenvalue weighted by atomic mass is 10.1. The van der Waals surface area contributed by atoms with Gasteiger partial charge in [0.2, 0.25) is 0 Å². The number of nitrogens with zero attached hydrogens (tertiary/aromatic N) is 1. The summed E-state index contributed by atoms with van der Waals surface area (Å²) >= 11 is 0. The minimum Gasteiger partial charge on any atom is -0.394 e. The number of hydrogen-bond donors (Lipinski definition) is 6. The summed E-state index contributed by atoms with van der Waals surface area (Å²) in [5, 5.41) is 41.4. The Labute approximate surface area is 88.0 Å². The van der Waals surface area contributed by atoms with Gasteiger partial charge in [-0.1, -0.05) is 0 Å². The zero-order chi connectivity index (χ0) is 12.3. The smallest absolute Gasteiger partial charge is 0.342 e. The fraction of sp³-hybridized carbons (Fsp3) is 0.571. The second-order valence-corrected chi connectivity index (χ2v) is 3.08. The van der Waals surface area contributed by atoms with Crippen LogP contribution in [-0.4, -0.2) is 54.4 Å². The van der Waals surface area contributed by atoms with Crippen molar-refractivity contribution in [2.45, 2.75) is 18.3 Å². The fourth-order valence-electron chi connectivity index (χ4n) is 1.04. The van der Waals surface area contributed by atoms with Gasteiger partial charge in [-0.2, -0.15) is 5.10 Å². The van der Waals surface area contributed by atoms with E-state index in [1.807, 2.05) is 5.10 Å². The van der Waals surface area contributed by atoms with Crippen molar-refractivity contribution in [2.24, 2.45) is 0 Å². The highest BCUT2D eigenvalue weighted by molar-refractivity contribution is 5.00. The highest BCUT2D eigenvalue weighted by Crippen LogP contribution is 2.12. The molecule has 0 aliphatic heterocycles. The maximum atomic E-state index is 11.1. The molecule has 0 radical (unpaired) electrons. The van der Waals surface area contributed by atoms with Crippen LogP contribution in [0.25, 0.3) is 0 Å². The molecule has 90 valence electrons. The standard InChI is InChI=1S/C7H11N3O6/c11-1-2(12)4(13)5(14)3-6(15)8-7(16)10-9-3/h2,4-5,11-14H,1H2,(H2,8,10,15,16)/t2-,4-,5-/m0/s1. The maximum absolute atomic E-state index is 11.1. The van der Waals surface area contributed by atoms with Gasteiger partial charge < -0.3 is 20.4 Å². The Morgan fingerprint density at radius 3 is 2.38 bits per heavy atom. The molecule has 0 spiro atoms. The van der Waals surface area contributed by atoms with Crippen LogP contribution in [0.2, 0.25) is 0 Å². The summed E-state index contributed by atoms with van der Waals surface area (Å²) in [6.07, 6.45) is -5.23. The molecule has 3 atom stereocenters. The minimum absolute atomic E-state index is 0.556. The predicted molar refractivity (Wildman–Crippen MR) is 49.5 cm³/mol. The van der Waals surface area contributed by atoms with E-state index in [4.69, 9.17) is 10.2 Å². The second kappa shape index (κ2) is 4.99. The third-order valence-corrected chi connectivity index (χ3v) is 1.92. The molecule has 0 saturated carbocycles. The van der Waals surface area contributed by atoms with Gasteiger partial charge >= 0.3 is 5.69 Å². The quantitative estimate of drug-likeness (QED) is 0.311. The van der Waals surface area contributed by atoms with Gasteiger partial charge in [0.15, 0.2) is 5.69 Å². The molecule has 1 rings (SSSR count). The van der Waals surface area contributed by atoms with Gasteiger partial charge in [-0.25, -0.2) is 9.89 Å². The van der Waals surface area contributed by atoms with E-state index in [0.29, 0.717) is 0 Å². The third-order valence-electron chi connectivity index (χ3n) is 1.92. The molecule has 9 nitrogen and oxygen atoms in total. The van der Waals surface area contributed by atoms with Crippen LogP contribution >= 0.6 is 0 Å². The zero-order valence-electron chi connectivity index (χ0n) is 7.99. The van der Waals surface area contributed by atoms with E-state index >= 15 is 0 Å². The Kier molecular flexibility index (Phi) is 3.90. The number of nitrogens with one attached hydrogen (secondary N) is 2. The molecule has 1 aromatic heterocycles. The SMILES string of the molecule is O=c1[nH]nc([C@H](O)[C@@H](O)[C@@H](O)CO)c(=O)[nH]1. The molecule has 0 amide bonds. The summed E-state index contributed by atoms with van der Waals surface area (Å²) in [5.74, 6) is 0. The molecule has 16 heavy (non-hydrogen) atoms. The van der Waals surface area contributed by atoms with Crippen LogP contribution in [0.15, 0.2) is 9.59 Å². The van der Waals surface area contributed by atoms with Gasteiger partial charge in [0.05, 0.1) is 6.61 Å². The van der Waals surface area contributed by atoms with Crippen molar-refractivity contribution in [1.29, 1.82) is 0 Å². The van der Waals surface area contributed by atoms with E-state index in [1.54, 1.807) is 4.98 Å². The van der Waals surface area contributed by atoms with Crippen molar-refractivity contribution >= 4 is 0 Å². The van der Waals surface area contributed by atoms with Crippen LogP contribution in [0, 0.1) is 0 Å². The Hall–Kier alpha value is -1.55. The first-order chi connectivity index (χ1) is 7.47. The van der Waals surface area contributed by atoms with Crippen LogP contribution in [0.4, 0.5) is 0 Å². The Bertz CT molecular complexity index is 454. The normalized spacial score (nSPS) is 16.8. The van der Waals surface area contributed by atoms with Gasteiger partial charge in [-0.05, 0) is 0 Å². The van der Waals surface area contributed by atoms with Crippen molar-refractivity contribution in [3.05, 3.63) is 26.5 Å². The molecular weight excluding hydrogens is 222 g/mol. The lowest BCUT2D eigenvalue weighted by molar-refractivity contribution is -0.0796. The van der Waals surface area contributed by atoms with Gasteiger partial charge in [-0.3, -0.25) is 9.78 Å². The second-order valence-electron chi connectivity index (χ2n) is 3.08. The van der Waals surface area contributed by atoms with E-state index < -0.39 is 41.9 Å². The van der Waals surface area contributed by atoms with Crippen molar-refractivity contribution in [1.82, 2.24) is 15.2 Å². The van der Waals surface area contributed by atoms with Crippen LogP contribution in [0.1, 0.15) is 11.8 Å². The summed E-state index contributed by atoms with van der Waals surface area (Å²) in [6, 6.07) is 0. The van der Waals surface area contributed by atoms with Crippen LogP contribution in [0.3, 0.4) is 0 Å². The highest BCUT2D eigenvalue weighted by atomic mass is 16.4. The number of rotatable bonds is 4. The molecule has 1 aromatic rings. The average molecular weight is 233 g/mol. The number of hydrogen-bond acceptors (Lipinski definition) is 7. The van der Waals surface area contributed by atoms with Gasteiger partial charge in [0.25, 0.3) is 5.56 Å². The van der Waals surface area contributed by atoms with Crippen molar-refractivity contribution < 1.29 is 20.4 Å². The van der Waals surface area contributed by atoms with Gasteiger partial charge in [0.1, 0.15) is 18.3 Å². The topological polar surface area (TPSA) is 160 Å². The van der Waals surface area contributed by atoms with E-state index in [2.05, 4.69) is 5.10 Å². The Morgan fingerprint density at radius 1 is 1.25 bits per heavy atom. The van der Waals surface area contributed by atoms with Gasteiger partial charge in [0, 0.05) is 0 Å². The molecule has 0 fully saturated rings. The van der Waals surface area contributed by atoms with E-state index in [1.165, 1.54) is 0 Å². The summed E-state index contributed by atoms with van der Waals surface area (Å²) in [5.41, 5.74) is -2.40. The number of aromatic amines is 2. The summed E-state index contributed by atoms with van der Waals surface area (Å²) in [6.45, 7) is -0.792. The maximum Gasteiger partial charge on any atom is 0.342 e. The van der Waals surface area contributed by atoms with Crippen molar-refractivity contribution in [3.8, 4) is 0 Å². The number of aliphatic hydroxyl groups is 4. The monoisotopic (exact) mass is 233 g/mol. The molecule has 0 unspecified atom stereocenters. The van der Waals surface area contributed by atoms with Crippen LogP contribution in [0.5, 0.6) is 0 Å². The summed E-state index contributed by atoms with van der Waals surface area (Å²) in [4.78, 5) is 23.5. The number of aliphatic hydroxyl groups excluding tert-OH is 4. The number of H-pyrrole nitrogens is 2. The van der Waals surface area contributed by atoms with Crippen molar-refractivity contribution in [3.63, 3.8) is 0 Å². The average Bonchev–Trinajstić information content (AvgIpc) is 2.26. The molecule has 0 aliphatic rings. The Morgan fingerprint density at radius 2 is 1.88 bits per heavy atom. The van der Waals surface area contributed by atoms with E-state index in [-0.39, 0.29) is 0 Å². The molecular formula is C7H11N3O6. The molecule has 1 heterocycles. The van der Waals surface area contributed by atoms with Crippen molar-refractivity contribution in [2.75, 3.05) is 6.61 Å². The highest BCUT2D eigenvalue weighted by Gasteiger charge is 2.28. The summed E-state index contributed by atoms with van der Waals surface area (Å²) in [7, 11) is 0. The zero-order valence-corrected chi connectivity index (χ0v) is 7.99. The van der Waals surface area contributed by atoms with E-state index in [0.717, 1.165) is 0 Å². The Balaban J connectivity index is 3.00. The lowest BCUT2D eigenvalue weighted by Crippen LogP contribution is -2.39. The molecule has 0 bridgehead atoms. The lowest BCUT2D eigenvalue weighted by Gasteiger charge is -2.19. The first kappa shape index (κ1) is 12.5. The minimum atomic E-state index is -1.82. The molecule has 9 heteroatoms. The number of aromatic nitrogens is 3.